The lowest BCUT2D eigenvalue weighted by atomic mass is 10.4. The van der Waals surface area contributed by atoms with E-state index in [2.05, 4.69) is 15.0 Å². The van der Waals surface area contributed by atoms with Crippen molar-refractivity contribution in [2.75, 3.05) is 23.7 Å². The third kappa shape index (κ3) is 1.30. The second-order valence-corrected chi connectivity index (χ2v) is 3.96. The maximum atomic E-state index is 13.4. The molecule has 16 heavy (non-hydrogen) atoms. The number of rotatable bonds is 1. The second-order valence-electron chi connectivity index (χ2n) is 3.96. The third-order valence-corrected chi connectivity index (χ3v) is 2.87. The van der Waals surface area contributed by atoms with E-state index in [1.54, 1.807) is 6.07 Å². The molecule has 0 bridgehead atoms. The summed E-state index contributed by atoms with van der Waals surface area (Å²) in [5, 5.41) is 3.82. The lowest BCUT2D eigenvalue weighted by Crippen LogP contribution is -2.20. The van der Waals surface area contributed by atoms with Crippen LogP contribution in [0.25, 0.3) is 5.65 Å². The molecule has 0 aromatic carbocycles. The van der Waals surface area contributed by atoms with Crippen LogP contribution in [-0.4, -0.2) is 27.7 Å². The largest absolute Gasteiger partial charge is 0.383 e. The van der Waals surface area contributed by atoms with Gasteiger partial charge in [-0.3, -0.25) is 0 Å². The first kappa shape index (κ1) is 9.38. The Bertz CT molecular complexity index is 529. The molecule has 0 amide bonds. The van der Waals surface area contributed by atoms with Gasteiger partial charge in [0.2, 0.25) is 0 Å². The molecule has 0 unspecified atom stereocenters. The molecule has 3 heterocycles. The van der Waals surface area contributed by atoms with E-state index in [9.17, 15) is 4.39 Å². The highest BCUT2D eigenvalue weighted by Gasteiger charge is 2.16. The first-order chi connectivity index (χ1) is 7.75. The van der Waals surface area contributed by atoms with Crippen molar-refractivity contribution in [3.05, 3.63) is 18.1 Å². The quantitative estimate of drug-likeness (QED) is 0.782. The number of nitrogens with two attached hydrogens (primary N) is 1. The van der Waals surface area contributed by atoms with Crippen molar-refractivity contribution in [2.45, 2.75) is 12.8 Å². The lowest BCUT2D eigenvalue weighted by molar-refractivity contribution is 0.635. The minimum Gasteiger partial charge on any atom is -0.383 e. The summed E-state index contributed by atoms with van der Waals surface area (Å²) < 4.78 is 14.7. The molecule has 0 spiro atoms. The molecule has 84 valence electrons. The van der Waals surface area contributed by atoms with Gasteiger partial charge in [0.1, 0.15) is 11.6 Å². The van der Waals surface area contributed by atoms with E-state index in [0.29, 0.717) is 5.82 Å². The smallest absolute Gasteiger partial charge is 0.195 e. The predicted octanol–water partition coefficient (Wildman–Crippen LogP) is 1.05. The van der Waals surface area contributed by atoms with Gasteiger partial charge < -0.3 is 10.6 Å². The third-order valence-electron chi connectivity index (χ3n) is 2.87. The van der Waals surface area contributed by atoms with Crippen molar-refractivity contribution in [1.29, 1.82) is 0 Å². The van der Waals surface area contributed by atoms with Gasteiger partial charge in [-0.2, -0.15) is 9.61 Å². The standard InChI is InChI=1S/C10H12FN5/c11-7-6-13-16-8(12)5-9(14-10(7)16)15-3-1-2-4-15/h5-6H,1-4,12H2. The van der Waals surface area contributed by atoms with E-state index in [0.717, 1.165) is 37.9 Å². The van der Waals surface area contributed by atoms with E-state index < -0.39 is 5.82 Å². The molecule has 3 rings (SSSR count). The molecule has 0 radical (unpaired) electrons. The Hall–Kier alpha value is -1.85. The van der Waals surface area contributed by atoms with Gasteiger partial charge in [-0.15, -0.1) is 0 Å². The minimum atomic E-state index is -0.437. The van der Waals surface area contributed by atoms with E-state index >= 15 is 0 Å². The van der Waals surface area contributed by atoms with Crippen LogP contribution in [0.15, 0.2) is 12.3 Å². The van der Waals surface area contributed by atoms with Gasteiger partial charge in [0.05, 0.1) is 6.20 Å². The van der Waals surface area contributed by atoms with Crippen LogP contribution in [0.4, 0.5) is 16.0 Å². The van der Waals surface area contributed by atoms with Crippen molar-refractivity contribution in [1.82, 2.24) is 14.6 Å². The fourth-order valence-electron chi connectivity index (χ4n) is 2.05. The zero-order valence-electron chi connectivity index (χ0n) is 8.73. The summed E-state index contributed by atoms with van der Waals surface area (Å²) in [6.07, 6.45) is 3.43. The molecule has 2 aromatic heterocycles. The Morgan fingerprint density at radius 2 is 2.06 bits per heavy atom. The Morgan fingerprint density at radius 3 is 2.81 bits per heavy atom. The molecule has 6 heteroatoms. The molecule has 1 aliphatic rings. The molecule has 0 aliphatic carbocycles. The SMILES string of the molecule is Nc1cc(N2CCCC2)nc2c(F)cnn12. The first-order valence-electron chi connectivity index (χ1n) is 5.30. The van der Waals surface area contributed by atoms with Crippen LogP contribution < -0.4 is 10.6 Å². The molecule has 0 atom stereocenters. The summed E-state index contributed by atoms with van der Waals surface area (Å²) in [5.41, 5.74) is 6.00. The molecule has 1 fully saturated rings. The summed E-state index contributed by atoms with van der Waals surface area (Å²) in [6, 6.07) is 1.74. The molecule has 2 aromatic rings. The van der Waals surface area contributed by atoms with Gasteiger partial charge in [-0.05, 0) is 12.8 Å². The number of anilines is 2. The molecule has 1 saturated heterocycles. The van der Waals surface area contributed by atoms with Gasteiger partial charge in [-0.25, -0.2) is 9.37 Å². The number of nitrogens with zero attached hydrogens (tertiary/aromatic N) is 4. The summed E-state index contributed by atoms with van der Waals surface area (Å²) in [6.45, 7) is 1.91. The van der Waals surface area contributed by atoms with Crippen LogP contribution in [0.5, 0.6) is 0 Å². The average Bonchev–Trinajstić information content (AvgIpc) is 2.88. The van der Waals surface area contributed by atoms with Crippen molar-refractivity contribution < 1.29 is 4.39 Å². The maximum Gasteiger partial charge on any atom is 0.195 e. The van der Waals surface area contributed by atoms with E-state index in [-0.39, 0.29) is 5.65 Å². The predicted molar refractivity (Wildman–Crippen MR) is 58.8 cm³/mol. The summed E-state index contributed by atoms with van der Waals surface area (Å²) in [5.74, 6) is 0.713. The topological polar surface area (TPSA) is 59.5 Å². The van der Waals surface area contributed by atoms with Crippen LogP contribution in [-0.2, 0) is 0 Å². The van der Waals surface area contributed by atoms with E-state index in [1.807, 2.05) is 0 Å². The fraction of sp³-hybridized carbons (Fsp3) is 0.400. The normalized spacial score (nSPS) is 16.2. The van der Waals surface area contributed by atoms with Crippen molar-refractivity contribution >= 4 is 17.3 Å². The molecular weight excluding hydrogens is 209 g/mol. The number of hydrogen-bond acceptors (Lipinski definition) is 4. The van der Waals surface area contributed by atoms with Crippen LogP contribution in [0.3, 0.4) is 0 Å². The van der Waals surface area contributed by atoms with Gasteiger partial charge in [0.15, 0.2) is 11.5 Å². The molecule has 0 saturated carbocycles. The van der Waals surface area contributed by atoms with Crippen LogP contribution in [0.1, 0.15) is 12.8 Å². The number of hydrogen-bond donors (Lipinski definition) is 1. The number of halogens is 1. The van der Waals surface area contributed by atoms with Crippen LogP contribution in [0, 0.1) is 5.82 Å². The molecule has 1 aliphatic heterocycles. The first-order valence-corrected chi connectivity index (χ1v) is 5.30. The Balaban J connectivity index is 2.15. The Morgan fingerprint density at radius 1 is 1.31 bits per heavy atom. The monoisotopic (exact) mass is 221 g/mol. The Labute approximate surface area is 91.7 Å². The molecule has 2 N–H and O–H groups in total. The lowest BCUT2D eigenvalue weighted by Gasteiger charge is -2.16. The van der Waals surface area contributed by atoms with Gasteiger partial charge in [0.25, 0.3) is 0 Å². The zero-order valence-corrected chi connectivity index (χ0v) is 8.73. The second kappa shape index (κ2) is 3.33. The van der Waals surface area contributed by atoms with Crippen LogP contribution in [0.2, 0.25) is 0 Å². The van der Waals surface area contributed by atoms with E-state index in [4.69, 9.17) is 5.73 Å². The van der Waals surface area contributed by atoms with Gasteiger partial charge in [-0.1, -0.05) is 0 Å². The Kier molecular flexibility index (Phi) is 1.95. The van der Waals surface area contributed by atoms with Crippen molar-refractivity contribution in [3.8, 4) is 0 Å². The molecular formula is C10H12FN5. The minimum absolute atomic E-state index is 0.196. The fourth-order valence-corrected chi connectivity index (χ4v) is 2.05. The van der Waals surface area contributed by atoms with Crippen molar-refractivity contribution in [3.63, 3.8) is 0 Å². The highest BCUT2D eigenvalue weighted by molar-refractivity contribution is 5.56. The molecule has 5 nitrogen and oxygen atoms in total. The number of nitrogen functional groups attached to an aromatic ring is 1. The zero-order chi connectivity index (χ0) is 11.1. The summed E-state index contributed by atoms with van der Waals surface area (Å²) in [4.78, 5) is 6.36. The summed E-state index contributed by atoms with van der Waals surface area (Å²) in [7, 11) is 0. The van der Waals surface area contributed by atoms with Gasteiger partial charge in [0, 0.05) is 19.2 Å². The highest BCUT2D eigenvalue weighted by Crippen LogP contribution is 2.22. The maximum absolute atomic E-state index is 13.4. The van der Waals surface area contributed by atoms with Crippen LogP contribution >= 0.6 is 0 Å². The number of fused-ring (bicyclic) bond motifs is 1. The number of aromatic nitrogens is 3. The van der Waals surface area contributed by atoms with Crippen molar-refractivity contribution in [2.24, 2.45) is 0 Å². The van der Waals surface area contributed by atoms with E-state index in [1.165, 1.54) is 4.52 Å². The average molecular weight is 221 g/mol. The highest BCUT2D eigenvalue weighted by atomic mass is 19.1. The van der Waals surface area contributed by atoms with Gasteiger partial charge >= 0.3 is 0 Å². The summed E-state index contributed by atoms with van der Waals surface area (Å²) >= 11 is 0.